The van der Waals surface area contributed by atoms with Gasteiger partial charge < -0.3 is 21.7 Å². The minimum absolute atomic E-state index is 0.0540. The monoisotopic (exact) mass is 297 g/mol. The molecule has 0 spiro atoms. The average molecular weight is 297 g/mol. The molecular formula is C12H19N5O2S. The Kier molecular flexibility index (Phi) is 4.78. The van der Waals surface area contributed by atoms with Crippen molar-refractivity contribution < 1.29 is 9.59 Å². The maximum absolute atomic E-state index is 11.9. The number of nitrogens with two attached hydrogens (primary N) is 1. The lowest BCUT2D eigenvalue weighted by atomic mass is 10.4. The number of nitrogens with one attached hydrogen (secondary N) is 3. The third-order valence-corrected chi connectivity index (χ3v) is 3.75. The third kappa shape index (κ3) is 4.09. The number of hydrogen-bond donors (Lipinski definition) is 4. The molecule has 1 saturated carbocycles. The van der Waals surface area contributed by atoms with E-state index in [1.165, 1.54) is 11.3 Å². The fourth-order valence-corrected chi connectivity index (χ4v) is 2.40. The molecule has 1 aromatic heterocycles. The van der Waals surface area contributed by atoms with Gasteiger partial charge >= 0.3 is 0 Å². The van der Waals surface area contributed by atoms with Crippen LogP contribution in [-0.4, -0.2) is 35.9 Å². The molecule has 2 rings (SSSR count). The molecule has 110 valence electrons. The van der Waals surface area contributed by atoms with Crippen LogP contribution in [0, 0.1) is 0 Å². The van der Waals surface area contributed by atoms with Crippen LogP contribution in [-0.2, 0) is 4.79 Å². The van der Waals surface area contributed by atoms with Gasteiger partial charge in [-0.1, -0.05) is 18.3 Å². The van der Waals surface area contributed by atoms with Crippen LogP contribution in [0.5, 0.6) is 0 Å². The summed E-state index contributed by atoms with van der Waals surface area (Å²) in [7, 11) is 0. The largest absolute Gasteiger partial charge is 0.382 e. The Morgan fingerprint density at radius 3 is 2.80 bits per heavy atom. The number of thiazole rings is 1. The fraction of sp³-hybridized carbons (Fsp3) is 0.583. The van der Waals surface area contributed by atoms with Crippen LogP contribution in [0.15, 0.2) is 0 Å². The summed E-state index contributed by atoms with van der Waals surface area (Å²) in [5, 5.41) is 9.08. The Labute approximate surface area is 121 Å². The van der Waals surface area contributed by atoms with Crippen LogP contribution < -0.4 is 21.7 Å². The number of anilines is 2. The summed E-state index contributed by atoms with van der Waals surface area (Å²) in [6, 6.07) is 0.455. The summed E-state index contributed by atoms with van der Waals surface area (Å²) in [6.07, 6.45) is 3.11. The maximum atomic E-state index is 11.9. The molecule has 1 heterocycles. The highest BCUT2D eigenvalue weighted by atomic mass is 32.1. The molecule has 20 heavy (non-hydrogen) atoms. The first kappa shape index (κ1) is 14.6. The van der Waals surface area contributed by atoms with Crippen molar-refractivity contribution in [1.82, 2.24) is 15.6 Å². The standard InChI is InChI=1S/C12H19N5O2S/c1-2-5-14-8(18)6-15-11(19)9-10(13)17-12(20-9)16-7-3-4-7/h7H,2-6,13H2,1H3,(H,14,18)(H,15,19)(H,16,17). The van der Waals surface area contributed by atoms with E-state index >= 15 is 0 Å². The minimum Gasteiger partial charge on any atom is -0.382 e. The predicted octanol–water partition coefficient (Wildman–Crippen LogP) is 0.556. The number of nitrogens with zero attached hydrogens (tertiary/aromatic N) is 1. The lowest BCUT2D eigenvalue weighted by Crippen LogP contribution is -2.37. The van der Waals surface area contributed by atoms with Gasteiger partial charge in [0, 0.05) is 12.6 Å². The lowest BCUT2D eigenvalue weighted by molar-refractivity contribution is -0.120. The van der Waals surface area contributed by atoms with E-state index in [1.54, 1.807) is 0 Å². The van der Waals surface area contributed by atoms with Crippen LogP contribution in [0.25, 0.3) is 0 Å². The van der Waals surface area contributed by atoms with Gasteiger partial charge in [0.15, 0.2) is 5.13 Å². The van der Waals surface area contributed by atoms with Gasteiger partial charge in [-0.3, -0.25) is 9.59 Å². The SMILES string of the molecule is CCCNC(=O)CNC(=O)c1sc(NC2CC2)nc1N. The highest BCUT2D eigenvalue weighted by Gasteiger charge is 2.24. The summed E-state index contributed by atoms with van der Waals surface area (Å²) in [6.45, 7) is 2.51. The molecule has 1 aromatic rings. The first-order chi connectivity index (χ1) is 9.60. The van der Waals surface area contributed by atoms with Crippen molar-refractivity contribution in [3.63, 3.8) is 0 Å². The fourth-order valence-electron chi connectivity index (χ4n) is 1.53. The number of carbonyl (C=O) groups is 2. The van der Waals surface area contributed by atoms with E-state index in [0.29, 0.717) is 22.6 Å². The second kappa shape index (κ2) is 6.56. The van der Waals surface area contributed by atoms with Gasteiger partial charge in [-0.2, -0.15) is 0 Å². The number of aromatic nitrogens is 1. The normalized spacial score (nSPS) is 13.8. The van der Waals surface area contributed by atoms with Gasteiger partial charge in [-0.15, -0.1) is 0 Å². The molecule has 1 fully saturated rings. The number of nitrogen functional groups attached to an aromatic ring is 1. The van der Waals surface area contributed by atoms with Gasteiger partial charge in [-0.25, -0.2) is 4.98 Å². The first-order valence-corrected chi connectivity index (χ1v) is 7.49. The number of rotatable bonds is 7. The Balaban J connectivity index is 1.84. The molecule has 5 N–H and O–H groups in total. The van der Waals surface area contributed by atoms with Crippen LogP contribution in [0.3, 0.4) is 0 Å². The van der Waals surface area contributed by atoms with E-state index in [0.717, 1.165) is 19.3 Å². The number of carbonyl (C=O) groups excluding carboxylic acids is 2. The van der Waals surface area contributed by atoms with E-state index in [1.807, 2.05) is 6.92 Å². The molecule has 0 aromatic carbocycles. The van der Waals surface area contributed by atoms with Crippen molar-refractivity contribution >= 4 is 34.1 Å². The van der Waals surface area contributed by atoms with Crippen molar-refractivity contribution in [1.29, 1.82) is 0 Å². The van der Waals surface area contributed by atoms with Crippen LogP contribution >= 0.6 is 11.3 Å². The van der Waals surface area contributed by atoms with Crippen molar-refractivity contribution in [2.24, 2.45) is 0 Å². The summed E-state index contributed by atoms with van der Waals surface area (Å²) in [4.78, 5) is 27.8. The van der Waals surface area contributed by atoms with E-state index in [9.17, 15) is 9.59 Å². The molecule has 0 aliphatic heterocycles. The van der Waals surface area contributed by atoms with Gasteiger partial charge in [0.1, 0.15) is 10.7 Å². The zero-order valence-corrected chi connectivity index (χ0v) is 12.2. The van der Waals surface area contributed by atoms with Crippen molar-refractivity contribution in [3.8, 4) is 0 Å². The highest BCUT2D eigenvalue weighted by Crippen LogP contribution is 2.30. The molecular weight excluding hydrogens is 278 g/mol. The number of amides is 2. The van der Waals surface area contributed by atoms with Crippen LogP contribution in [0.2, 0.25) is 0 Å². The highest BCUT2D eigenvalue weighted by molar-refractivity contribution is 7.18. The van der Waals surface area contributed by atoms with Crippen LogP contribution in [0.4, 0.5) is 10.9 Å². The van der Waals surface area contributed by atoms with E-state index in [-0.39, 0.29) is 24.2 Å². The quantitative estimate of drug-likeness (QED) is 0.588. The zero-order chi connectivity index (χ0) is 14.5. The predicted molar refractivity (Wildman–Crippen MR) is 78.8 cm³/mol. The molecule has 7 nitrogen and oxygen atoms in total. The molecule has 0 unspecified atom stereocenters. The Hall–Kier alpha value is -1.83. The van der Waals surface area contributed by atoms with Crippen LogP contribution in [0.1, 0.15) is 35.9 Å². The first-order valence-electron chi connectivity index (χ1n) is 6.68. The molecule has 0 bridgehead atoms. The minimum atomic E-state index is -0.365. The van der Waals surface area contributed by atoms with Gasteiger partial charge in [-0.05, 0) is 19.3 Å². The Morgan fingerprint density at radius 1 is 1.40 bits per heavy atom. The molecule has 8 heteroatoms. The van der Waals surface area contributed by atoms with Gasteiger partial charge in [0.2, 0.25) is 5.91 Å². The molecule has 0 atom stereocenters. The molecule has 0 radical (unpaired) electrons. The van der Waals surface area contributed by atoms with Crippen molar-refractivity contribution in [2.75, 3.05) is 24.1 Å². The smallest absolute Gasteiger partial charge is 0.265 e. The van der Waals surface area contributed by atoms with E-state index in [4.69, 9.17) is 5.73 Å². The Morgan fingerprint density at radius 2 is 2.15 bits per heavy atom. The molecule has 2 amide bonds. The Bertz CT molecular complexity index is 498. The zero-order valence-electron chi connectivity index (χ0n) is 11.4. The number of hydrogen-bond acceptors (Lipinski definition) is 6. The summed E-state index contributed by atoms with van der Waals surface area (Å²) in [5.74, 6) is -0.375. The summed E-state index contributed by atoms with van der Waals surface area (Å²) < 4.78 is 0. The van der Waals surface area contributed by atoms with Gasteiger partial charge in [0.25, 0.3) is 5.91 Å². The van der Waals surface area contributed by atoms with E-state index < -0.39 is 0 Å². The lowest BCUT2D eigenvalue weighted by Gasteiger charge is -2.04. The molecule has 1 aliphatic rings. The molecule has 1 aliphatic carbocycles. The topological polar surface area (TPSA) is 109 Å². The summed E-state index contributed by atoms with van der Waals surface area (Å²) in [5.41, 5.74) is 5.72. The van der Waals surface area contributed by atoms with Crippen molar-refractivity contribution in [2.45, 2.75) is 32.2 Å². The molecule has 0 saturated heterocycles. The second-order valence-electron chi connectivity index (χ2n) is 4.68. The van der Waals surface area contributed by atoms with E-state index in [2.05, 4.69) is 20.9 Å². The summed E-state index contributed by atoms with van der Waals surface area (Å²) >= 11 is 1.21. The third-order valence-electron chi connectivity index (χ3n) is 2.75. The average Bonchev–Trinajstić information content (AvgIpc) is 3.15. The van der Waals surface area contributed by atoms with Gasteiger partial charge in [0.05, 0.1) is 6.54 Å². The second-order valence-corrected chi connectivity index (χ2v) is 5.68. The maximum Gasteiger partial charge on any atom is 0.265 e. The van der Waals surface area contributed by atoms with Crippen molar-refractivity contribution in [3.05, 3.63) is 4.88 Å².